The molecular weight excluding hydrogens is 152 g/mol. The Balaban J connectivity index is 3.09. The summed E-state index contributed by atoms with van der Waals surface area (Å²) in [5.74, 6) is 0. The smallest absolute Gasteiger partial charge is 0.295 e. The van der Waals surface area contributed by atoms with Crippen LogP contribution in [0.1, 0.15) is 0 Å². The molecule has 0 aliphatic carbocycles. The van der Waals surface area contributed by atoms with Gasteiger partial charge >= 0.3 is 5.69 Å². The highest BCUT2D eigenvalue weighted by Gasteiger charge is 2.04. The number of nitrogens with zero attached hydrogens (tertiary/aromatic N) is 2. The minimum Gasteiger partial charge on any atom is -0.295 e. The molecule has 1 heterocycles. The molecule has 0 spiro atoms. The standard InChI is InChI=1S/C9H9N2O/c1-10-7-5-3-4-6-8(7)11(2)9(10)12/h3,5-6H,1-2H3. The van der Waals surface area contributed by atoms with Gasteiger partial charge in [0.2, 0.25) is 0 Å². The van der Waals surface area contributed by atoms with Crippen LogP contribution in [-0.4, -0.2) is 9.13 Å². The molecule has 0 atom stereocenters. The van der Waals surface area contributed by atoms with Crippen molar-refractivity contribution < 1.29 is 0 Å². The number of imidazole rings is 1. The van der Waals surface area contributed by atoms with Gasteiger partial charge in [-0.1, -0.05) is 6.07 Å². The lowest BCUT2D eigenvalue weighted by molar-refractivity contribution is 0.795. The summed E-state index contributed by atoms with van der Waals surface area (Å²) in [6.07, 6.45) is 0. The van der Waals surface area contributed by atoms with Crippen LogP contribution in [-0.2, 0) is 14.1 Å². The number of aromatic nitrogens is 2. The average molecular weight is 161 g/mol. The summed E-state index contributed by atoms with van der Waals surface area (Å²) in [4.78, 5) is 11.4. The Morgan fingerprint density at radius 1 is 1.25 bits per heavy atom. The summed E-state index contributed by atoms with van der Waals surface area (Å²) < 4.78 is 3.25. The van der Waals surface area contributed by atoms with Crippen LogP contribution in [0.15, 0.2) is 23.0 Å². The molecule has 0 saturated heterocycles. The highest BCUT2D eigenvalue weighted by atomic mass is 16.1. The predicted molar refractivity (Wildman–Crippen MR) is 47.0 cm³/mol. The van der Waals surface area contributed by atoms with E-state index in [2.05, 4.69) is 6.07 Å². The average Bonchev–Trinajstić information content (AvgIpc) is 2.33. The number of hydrogen-bond donors (Lipinski definition) is 0. The Morgan fingerprint density at radius 2 is 1.92 bits per heavy atom. The van der Waals surface area contributed by atoms with E-state index in [1.165, 1.54) is 0 Å². The maximum Gasteiger partial charge on any atom is 0.328 e. The summed E-state index contributed by atoms with van der Waals surface area (Å²) in [7, 11) is 3.53. The fourth-order valence-corrected chi connectivity index (χ4v) is 1.40. The Hall–Kier alpha value is -1.51. The van der Waals surface area contributed by atoms with Gasteiger partial charge < -0.3 is 0 Å². The summed E-state index contributed by atoms with van der Waals surface area (Å²) >= 11 is 0. The zero-order valence-corrected chi connectivity index (χ0v) is 7.03. The van der Waals surface area contributed by atoms with E-state index >= 15 is 0 Å². The third kappa shape index (κ3) is 0.733. The van der Waals surface area contributed by atoms with Crippen molar-refractivity contribution in [3.8, 4) is 0 Å². The first-order chi connectivity index (χ1) is 5.72. The number of benzene rings is 1. The van der Waals surface area contributed by atoms with E-state index in [1.807, 2.05) is 18.2 Å². The fourth-order valence-electron chi connectivity index (χ4n) is 1.40. The zero-order chi connectivity index (χ0) is 8.72. The molecule has 0 saturated carbocycles. The molecule has 0 unspecified atom stereocenters. The van der Waals surface area contributed by atoms with Crippen molar-refractivity contribution in [1.29, 1.82) is 0 Å². The van der Waals surface area contributed by atoms with Gasteiger partial charge in [0.15, 0.2) is 0 Å². The number of aryl methyl sites for hydroxylation is 2. The Bertz CT molecular complexity index is 437. The van der Waals surface area contributed by atoms with Crippen molar-refractivity contribution in [3.05, 3.63) is 34.7 Å². The molecule has 0 bridgehead atoms. The molecule has 0 fully saturated rings. The predicted octanol–water partition coefficient (Wildman–Crippen LogP) is 0.677. The van der Waals surface area contributed by atoms with Gasteiger partial charge in [-0.3, -0.25) is 9.13 Å². The van der Waals surface area contributed by atoms with Gasteiger partial charge in [0.1, 0.15) is 0 Å². The van der Waals surface area contributed by atoms with Crippen LogP contribution in [0.3, 0.4) is 0 Å². The topological polar surface area (TPSA) is 26.9 Å². The summed E-state index contributed by atoms with van der Waals surface area (Å²) in [5, 5.41) is 0. The van der Waals surface area contributed by atoms with Crippen LogP contribution in [0.25, 0.3) is 11.0 Å². The van der Waals surface area contributed by atoms with E-state index in [4.69, 9.17) is 0 Å². The molecule has 1 aromatic heterocycles. The fraction of sp³-hybridized carbons (Fsp3) is 0.222. The third-order valence-electron chi connectivity index (χ3n) is 2.12. The molecule has 1 radical (unpaired) electrons. The van der Waals surface area contributed by atoms with Gasteiger partial charge in [-0.05, 0) is 18.2 Å². The second kappa shape index (κ2) is 2.24. The van der Waals surface area contributed by atoms with Crippen LogP contribution in [0.2, 0.25) is 0 Å². The van der Waals surface area contributed by atoms with E-state index in [0.29, 0.717) is 0 Å². The number of fused-ring (bicyclic) bond motifs is 1. The van der Waals surface area contributed by atoms with Gasteiger partial charge in [0, 0.05) is 14.1 Å². The van der Waals surface area contributed by atoms with Crippen molar-refractivity contribution in [1.82, 2.24) is 9.13 Å². The van der Waals surface area contributed by atoms with E-state index in [1.54, 1.807) is 23.2 Å². The Kier molecular flexibility index (Phi) is 1.33. The van der Waals surface area contributed by atoms with Gasteiger partial charge in [0.05, 0.1) is 11.0 Å². The zero-order valence-electron chi connectivity index (χ0n) is 7.03. The maximum atomic E-state index is 11.4. The first-order valence-electron chi connectivity index (χ1n) is 3.73. The monoisotopic (exact) mass is 161 g/mol. The van der Waals surface area contributed by atoms with E-state index in [-0.39, 0.29) is 5.69 Å². The maximum absolute atomic E-state index is 11.4. The normalized spacial score (nSPS) is 10.8. The van der Waals surface area contributed by atoms with Crippen LogP contribution in [0.5, 0.6) is 0 Å². The largest absolute Gasteiger partial charge is 0.328 e. The Labute approximate surface area is 69.9 Å². The summed E-state index contributed by atoms with van der Waals surface area (Å²) in [6.45, 7) is 0. The van der Waals surface area contributed by atoms with E-state index < -0.39 is 0 Å². The molecule has 0 aliphatic heterocycles. The molecule has 0 aliphatic rings. The van der Waals surface area contributed by atoms with Crippen LogP contribution < -0.4 is 5.69 Å². The lowest BCUT2D eigenvalue weighted by atomic mass is 10.3. The first kappa shape index (κ1) is 7.16. The molecule has 12 heavy (non-hydrogen) atoms. The number of hydrogen-bond acceptors (Lipinski definition) is 1. The van der Waals surface area contributed by atoms with Gasteiger partial charge in [-0.2, -0.15) is 0 Å². The molecule has 1 aromatic carbocycles. The van der Waals surface area contributed by atoms with Crippen LogP contribution in [0, 0.1) is 6.07 Å². The Morgan fingerprint density at radius 3 is 2.58 bits per heavy atom. The SMILES string of the molecule is Cn1c(=O)n(C)c2cc[c]cc21. The molecule has 0 N–H and O–H groups in total. The molecule has 0 amide bonds. The summed E-state index contributed by atoms with van der Waals surface area (Å²) in [6, 6.07) is 8.45. The molecular formula is C9H9N2O. The van der Waals surface area contributed by atoms with Crippen molar-refractivity contribution in [2.45, 2.75) is 0 Å². The highest BCUT2D eigenvalue weighted by molar-refractivity contribution is 5.75. The lowest BCUT2D eigenvalue weighted by Gasteiger charge is -1.90. The van der Waals surface area contributed by atoms with Crippen molar-refractivity contribution in [2.75, 3.05) is 0 Å². The molecule has 2 aromatic rings. The molecule has 61 valence electrons. The second-order valence-corrected chi connectivity index (χ2v) is 2.82. The minimum absolute atomic E-state index is 0.00426. The van der Waals surface area contributed by atoms with Crippen LogP contribution >= 0.6 is 0 Å². The van der Waals surface area contributed by atoms with Crippen molar-refractivity contribution >= 4 is 11.0 Å². The highest BCUT2D eigenvalue weighted by Crippen LogP contribution is 2.08. The molecule has 2 rings (SSSR count). The lowest BCUT2D eigenvalue weighted by Crippen LogP contribution is -2.19. The van der Waals surface area contributed by atoms with Gasteiger partial charge in [-0.15, -0.1) is 0 Å². The minimum atomic E-state index is 0.00426. The quantitative estimate of drug-likeness (QED) is 0.558. The van der Waals surface area contributed by atoms with Crippen LogP contribution in [0.4, 0.5) is 0 Å². The van der Waals surface area contributed by atoms with Gasteiger partial charge in [-0.25, -0.2) is 4.79 Å². The second-order valence-electron chi connectivity index (χ2n) is 2.82. The summed E-state index contributed by atoms with van der Waals surface area (Å²) in [5.41, 5.74) is 1.87. The number of rotatable bonds is 0. The first-order valence-corrected chi connectivity index (χ1v) is 3.73. The van der Waals surface area contributed by atoms with E-state index in [9.17, 15) is 4.79 Å². The van der Waals surface area contributed by atoms with Crippen molar-refractivity contribution in [2.24, 2.45) is 14.1 Å². The van der Waals surface area contributed by atoms with E-state index in [0.717, 1.165) is 11.0 Å². The van der Waals surface area contributed by atoms with Gasteiger partial charge in [0.25, 0.3) is 0 Å². The molecule has 3 heteroatoms. The molecule has 3 nitrogen and oxygen atoms in total. The van der Waals surface area contributed by atoms with Crippen molar-refractivity contribution in [3.63, 3.8) is 0 Å². The third-order valence-corrected chi connectivity index (χ3v) is 2.12.